The van der Waals surface area contributed by atoms with E-state index in [4.69, 9.17) is 5.73 Å². The molecule has 5 heteroatoms. The van der Waals surface area contributed by atoms with E-state index in [9.17, 15) is 9.59 Å². The minimum atomic E-state index is -0.479. The molecule has 0 spiro atoms. The smallest absolute Gasteiger partial charge is 0.319 e. The van der Waals surface area contributed by atoms with Crippen molar-refractivity contribution in [2.45, 2.75) is 26.8 Å². The van der Waals surface area contributed by atoms with Gasteiger partial charge in [0.25, 0.3) is 0 Å². The SMILES string of the molecule is Cc1cc(NC(=O)NC(c2ccccc2)C(C)C)ccc1C(N)=O. The maximum atomic E-state index is 12.3. The van der Waals surface area contributed by atoms with Crippen molar-refractivity contribution in [3.8, 4) is 0 Å². The molecule has 5 nitrogen and oxygen atoms in total. The second kappa shape index (κ2) is 7.64. The largest absolute Gasteiger partial charge is 0.366 e. The summed E-state index contributed by atoms with van der Waals surface area (Å²) in [6.07, 6.45) is 0. The van der Waals surface area contributed by atoms with Gasteiger partial charge in [0.05, 0.1) is 6.04 Å². The first-order valence-corrected chi connectivity index (χ1v) is 7.91. The summed E-state index contributed by atoms with van der Waals surface area (Å²) >= 11 is 0. The van der Waals surface area contributed by atoms with Crippen LogP contribution in [0.4, 0.5) is 10.5 Å². The zero-order valence-corrected chi connectivity index (χ0v) is 14.2. The Labute approximate surface area is 142 Å². The molecule has 1 unspecified atom stereocenters. The van der Waals surface area contributed by atoms with Gasteiger partial charge in [0.1, 0.15) is 0 Å². The van der Waals surface area contributed by atoms with E-state index in [0.29, 0.717) is 11.3 Å². The molecule has 126 valence electrons. The van der Waals surface area contributed by atoms with E-state index in [1.807, 2.05) is 30.3 Å². The Bertz CT molecular complexity index is 727. The average molecular weight is 325 g/mol. The van der Waals surface area contributed by atoms with Crippen LogP contribution in [0.15, 0.2) is 48.5 Å². The lowest BCUT2D eigenvalue weighted by molar-refractivity contribution is 0.0999. The van der Waals surface area contributed by atoms with Gasteiger partial charge in [-0.3, -0.25) is 4.79 Å². The summed E-state index contributed by atoms with van der Waals surface area (Å²) in [5.74, 6) is -0.232. The number of rotatable bonds is 5. The van der Waals surface area contributed by atoms with Crippen LogP contribution in [0.2, 0.25) is 0 Å². The molecule has 0 radical (unpaired) electrons. The van der Waals surface area contributed by atoms with Gasteiger partial charge in [-0.05, 0) is 42.2 Å². The first-order chi connectivity index (χ1) is 11.4. The molecule has 24 heavy (non-hydrogen) atoms. The quantitative estimate of drug-likeness (QED) is 0.784. The van der Waals surface area contributed by atoms with Crippen molar-refractivity contribution in [2.75, 3.05) is 5.32 Å². The molecule has 0 aliphatic rings. The Kier molecular flexibility index (Phi) is 5.58. The van der Waals surface area contributed by atoms with E-state index in [1.54, 1.807) is 25.1 Å². The van der Waals surface area contributed by atoms with Crippen LogP contribution in [0.25, 0.3) is 0 Å². The first kappa shape index (κ1) is 17.5. The van der Waals surface area contributed by atoms with Crippen LogP contribution in [0, 0.1) is 12.8 Å². The Morgan fingerprint density at radius 3 is 2.25 bits per heavy atom. The van der Waals surface area contributed by atoms with Crippen LogP contribution < -0.4 is 16.4 Å². The van der Waals surface area contributed by atoms with Gasteiger partial charge < -0.3 is 16.4 Å². The molecule has 0 saturated carbocycles. The maximum absolute atomic E-state index is 12.3. The normalized spacial score (nSPS) is 11.8. The summed E-state index contributed by atoms with van der Waals surface area (Å²) in [4.78, 5) is 23.6. The van der Waals surface area contributed by atoms with Crippen molar-refractivity contribution in [3.63, 3.8) is 0 Å². The summed E-state index contributed by atoms with van der Waals surface area (Å²) < 4.78 is 0. The number of aryl methyl sites for hydroxylation is 1. The molecule has 0 fully saturated rings. The molecule has 0 bridgehead atoms. The van der Waals surface area contributed by atoms with E-state index in [2.05, 4.69) is 24.5 Å². The second-order valence-electron chi connectivity index (χ2n) is 6.12. The number of nitrogens with two attached hydrogens (primary N) is 1. The van der Waals surface area contributed by atoms with Gasteiger partial charge >= 0.3 is 6.03 Å². The third kappa shape index (κ3) is 4.35. The molecule has 2 aromatic carbocycles. The third-order valence-corrected chi connectivity index (χ3v) is 3.86. The van der Waals surface area contributed by atoms with Crippen LogP contribution in [0.5, 0.6) is 0 Å². The number of primary amides is 1. The number of hydrogen-bond acceptors (Lipinski definition) is 2. The highest BCUT2D eigenvalue weighted by Gasteiger charge is 2.18. The number of carbonyl (C=O) groups excluding carboxylic acids is 2. The van der Waals surface area contributed by atoms with Crippen LogP contribution in [-0.2, 0) is 0 Å². The van der Waals surface area contributed by atoms with Crippen LogP contribution in [0.1, 0.15) is 41.4 Å². The summed E-state index contributed by atoms with van der Waals surface area (Å²) in [5.41, 5.74) is 8.14. The van der Waals surface area contributed by atoms with Crippen molar-refractivity contribution in [1.29, 1.82) is 0 Å². The molecule has 2 rings (SSSR count). The molecular formula is C19H23N3O2. The van der Waals surface area contributed by atoms with Gasteiger partial charge in [-0.15, -0.1) is 0 Å². The molecule has 1 atom stereocenters. The topological polar surface area (TPSA) is 84.2 Å². The third-order valence-electron chi connectivity index (χ3n) is 3.86. The number of nitrogens with one attached hydrogen (secondary N) is 2. The molecule has 3 amide bonds. The van der Waals surface area contributed by atoms with Crippen molar-refractivity contribution >= 4 is 17.6 Å². The number of urea groups is 1. The van der Waals surface area contributed by atoms with Crippen molar-refractivity contribution in [2.24, 2.45) is 11.7 Å². The van der Waals surface area contributed by atoms with E-state index >= 15 is 0 Å². The van der Waals surface area contributed by atoms with Gasteiger partial charge in [0.15, 0.2) is 0 Å². The number of carbonyl (C=O) groups is 2. The van der Waals surface area contributed by atoms with Gasteiger partial charge in [-0.1, -0.05) is 44.2 Å². The zero-order valence-electron chi connectivity index (χ0n) is 14.2. The van der Waals surface area contributed by atoms with Gasteiger partial charge in [0.2, 0.25) is 5.91 Å². The van der Waals surface area contributed by atoms with Gasteiger partial charge in [-0.2, -0.15) is 0 Å². The van der Waals surface area contributed by atoms with Crippen LogP contribution >= 0.6 is 0 Å². The number of hydrogen-bond donors (Lipinski definition) is 3. The lowest BCUT2D eigenvalue weighted by Gasteiger charge is -2.23. The maximum Gasteiger partial charge on any atom is 0.319 e. The monoisotopic (exact) mass is 325 g/mol. The Morgan fingerprint density at radius 1 is 1.04 bits per heavy atom. The van der Waals surface area contributed by atoms with E-state index in [1.165, 1.54) is 0 Å². The average Bonchev–Trinajstić information content (AvgIpc) is 2.53. The fourth-order valence-corrected chi connectivity index (χ4v) is 2.62. The minimum Gasteiger partial charge on any atom is -0.366 e. The first-order valence-electron chi connectivity index (χ1n) is 7.91. The molecule has 0 heterocycles. The lowest BCUT2D eigenvalue weighted by Crippen LogP contribution is -2.35. The van der Waals surface area contributed by atoms with E-state index in [0.717, 1.165) is 11.1 Å². The summed E-state index contributed by atoms with van der Waals surface area (Å²) in [6, 6.07) is 14.5. The molecular weight excluding hydrogens is 302 g/mol. The van der Waals surface area contributed by atoms with Crippen LogP contribution in [0.3, 0.4) is 0 Å². The van der Waals surface area contributed by atoms with Crippen molar-refractivity contribution < 1.29 is 9.59 Å². The molecule has 0 aliphatic heterocycles. The van der Waals surface area contributed by atoms with Crippen molar-refractivity contribution in [1.82, 2.24) is 5.32 Å². The second-order valence-corrected chi connectivity index (χ2v) is 6.12. The molecule has 0 aromatic heterocycles. The molecule has 0 aliphatic carbocycles. The Hall–Kier alpha value is -2.82. The lowest BCUT2D eigenvalue weighted by atomic mass is 9.96. The zero-order chi connectivity index (χ0) is 17.7. The fraction of sp³-hybridized carbons (Fsp3) is 0.263. The highest BCUT2D eigenvalue weighted by molar-refractivity contribution is 5.96. The standard InChI is InChI=1S/C19H23N3O2/c1-12(2)17(14-7-5-4-6-8-14)22-19(24)21-15-9-10-16(18(20)23)13(3)11-15/h4-12,17H,1-3H3,(H2,20,23)(H2,21,22,24). The van der Waals surface area contributed by atoms with Crippen molar-refractivity contribution in [3.05, 3.63) is 65.2 Å². The molecule has 0 saturated heterocycles. The molecule has 4 N–H and O–H groups in total. The van der Waals surface area contributed by atoms with Gasteiger partial charge in [-0.25, -0.2) is 4.79 Å². The number of benzene rings is 2. The molecule has 2 aromatic rings. The predicted octanol–water partition coefficient (Wildman–Crippen LogP) is 3.61. The number of amides is 3. The Balaban J connectivity index is 2.09. The summed E-state index contributed by atoms with van der Waals surface area (Å²) in [7, 11) is 0. The minimum absolute atomic E-state index is 0.0859. The Morgan fingerprint density at radius 2 is 1.71 bits per heavy atom. The highest BCUT2D eigenvalue weighted by atomic mass is 16.2. The highest BCUT2D eigenvalue weighted by Crippen LogP contribution is 2.22. The summed E-state index contributed by atoms with van der Waals surface area (Å²) in [5, 5.41) is 5.80. The van der Waals surface area contributed by atoms with Gasteiger partial charge in [0, 0.05) is 11.3 Å². The summed E-state index contributed by atoms with van der Waals surface area (Å²) in [6.45, 7) is 5.90. The number of anilines is 1. The fourth-order valence-electron chi connectivity index (χ4n) is 2.62. The van der Waals surface area contributed by atoms with Crippen LogP contribution in [-0.4, -0.2) is 11.9 Å². The predicted molar refractivity (Wildman–Crippen MR) is 95.9 cm³/mol. The van der Waals surface area contributed by atoms with E-state index < -0.39 is 5.91 Å². The van der Waals surface area contributed by atoms with E-state index in [-0.39, 0.29) is 18.0 Å².